The summed E-state index contributed by atoms with van der Waals surface area (Å²) in [5.41, 5.74) is 2.12. The van der Waals surface area contributed by atoms with E-state index in [9.17, 15) is 8.42 Å². The first-order valence-corrected chi connectivity index (χ1v) is 8.07. The van der Waals surface area contributed by atoms with Crippen molar-refractivity contribution in [2.75, 3.05) is 0 Å². The Labute approximate surface area is 120 Å². The van der Waals surface area contributed by atoms with E-state index in [2.05, 4.69) is 23.8 Å². The molecule has 20 heavy (non-hydrogen) atoms. The van der Waals surface area contributed by atoms with Gasteiger partial charge in [0, 0.05) is 0 Å². The third-order valence-electron chi connectivity index (χ3n) is 3.19. The molecule has 0 aliphatic heterocycles. The first-order valence-electron chi connectivity index (χ1n) is 6.59. The molecule has 0 saturated carbocycles. The summed E-state index contributed by atoms with van der Waals surface area (Å²) in [6.07, 6.45) is 3.73. The van der Waals surface area contributed by atoms with Crippen LogP contribution in [0.4, 0.5) is 0 Å². The molecule has 5 heteroatoms. The molecule has 0 bridgehead atoms. The molecule has 4 nitrogen and oxygen atoms in total. The van der Waals surface area contributed by atoms with E-state index in [0.717, 1.165) is 18.6 Å². The molecule has 1 aliphatic carbocycles. The highest BCUT2D eigenvalue weighted by Gasteiger charge is 2.25. The van der Waals surface area contributed by atoms with Crippen molar-refractivity contribution in [2.24, 2.45) is 10.5 Å². The number of nitrogens with zero attached hydrogens (tertiary/aromatic N) is 1. The van der Waals surface area contributed by atoms with Gasteiger partial charge in [-0.05, 0) is 43.4 Å². The summed E-state index contributed by atoms with van der Waals surface area (Å²) in [4.78, 5) is 2.54. The van der Waals surface area contributed by atoms with Crippen LogP contribution in [-0.2, 0) is 10.0 Å². The number of nitrogens with one attached hydrogen (secondary N) is 1. The van der Waals surface area contributed by atoms with Crippen LogP contribution in [0.5, 0.6) is 0 Å². The lowest BCUT2D eigenvalue weighted by molar-refractivity contribution is 0.373. The SMILES string of the molecule is CC1=C/C(=N/NS(=O)(=O)c2ccccc2)CC(C)(C)C1. The standard InChI is InChI=1S/C15H20N2O2S/c1-12-9-13(11-15(2,3)10-12)16-17-20(18,19)14-7-5-4-6-8-14/h4-9,17H,10-11H2,1-3H3/b16-13-. The highest BCUT2D eigenvalue weighted by atomic mass is 32.2. The molecular weight excluding hydrogens is 272 g/mol. The van der Waals surface area contributed by atoms with E-state index in [-0.39, 0.29) is 10.3 Å². The van der Waals surface area contributed by atoms with Crippen LogP contribution in [0.25, 0.3) is 0 Å². The van der Waals surface area contributed by atoms with E-state index in [4.69, 9.17) is 0 Å². The van der Waals surface area contributed by atoms with Gasteiger partial charge in [0.1, 0.15) is 0 Å². The first kappa shape index (κ1) is 14.8. The zero-order valence-corrected chi connectivity index (χ0v) is 12.9. The molecule has 0 atom stereocenters. The molecule has 0 aromatic heterocycles. The van der Waals surface area contributed by atoms with Gasteiger partial charge in [-0.25, -0.2) is 0 Å². The summed E-state index contributed by atoms with van der Waals surface area (Å²) in [5.74, 6) is 0. The summed E-state index contributed by atoms with van der Waals surface area (Å²) >= 11 is 0. The monoisotopic (exact) mass is 292 g/mol. The van der Waals surface area contributed by atoms with E-state index in [1.807, 2.05) is 13.0 Å². The second-order valence-corrected chi connectivity index (χ2v) is 7.68. The number of rotatable bonds is 3. The second-order valence-electron chi connectivity index (χ2n) is 6.02. The number of hydrogen-bond donors (Lipinski definition) is 1. The predicted octanol–water partition coefficient (Wildman–Crippen LogP) is 3.09. The molecule has 0 fully saturated rings. The first-order chi connectivity index (χ1) is 9.28. The minimum absolute atomic E-state index is 0.121. The van der Waals surface area contributed by atoms with E-state index in [1.54, 1.807) is 30.3 Å². The Hall–Kier alpha value is -1.62. The summed E-state index contributed by atoms with van der Waals surface area (Å²) in [6, 6.07) is 8.26. The summed E-state index contributed by atoms with van der Waals surface area (Å²) in [6.45, 7) is 6.36. The van der Waals surface area contributed by atoms with Crippen LogP contribution in [0.3, 0.4) is 0 Å². The van der Waals surface area contributed by atoms with Gasteiger partial charge in [0.2, 0.25) is 0 Å². The van der Waals surface area contributed by atoms with Crippen molar-refractivity contribution in [1.82, 2.24) is 4.83 Å². The minimum atomic E-state index is -3.58. The van der Waals surface area contributed by atoms with Crippen LogP contribution in [0.1, 0.15) is 33.6 Å². The van der Waals surface area contributed by atoms with Gasteiger partial charge in [0.25, 0.3) is 10.0 Å². The second kappa shape index (κ2) is 5.40. The molecule has 0 heterocycles. The number of benzene rings is 1. The normalized spacial score (nSPS) is 20.6. The van der Waals surface area contributed by atoms with Gasteiger partial charge in [-0.1, -0.05) is 37.6 Å². The molecule has 1 aromatic carbocycles. The average molecular weight is 292 g/mol. The van der Waals surface area contributed by atoms with Gasteiger partial charge in [-0.3, -0.25) is 0 Å². The maximum Gasteiger partial charge on any atom is 0.276 e. The van der Waals surface area contributed by atoms with Gasteiger partial charge in [0.05, 0.1) is 10.6 Å². The number of hydrazone groups is 1. The van der Waals surface area contributed by atoms with Gasteiger partial charge in [0.15, 0.2) is 0 Å². The third-order valence-corrected chi connectivity index (χ3v) is 4.42. The molecule has 0 radical (unpaired) electrons. The fourth-order valence-electron chi connectivity index (χ4n) is 2.54. The molecule has 108 valence electrons. The smallest absolute Gasteiger partial charge is 0.200 e. The molecule has 2 rings (SSSR count). The lowest BCUT2D eigenvalue weighted by Gasteiger charge is -2.29. The third kappa shape index (κ3) is 3.70. The molecule has 0 saturated heterocycles. The van der Waals surface area contributed by atoms with E-state index in [1.165, 1.54) is 5.57 Å². The van der Waals surface area contributed by atoms with Crippen LogP contribution < -0.4 is 4.83 Å². The highest BCUT2D eigenvalue weighted by molar-refractivity contribution is 7.89. The fraction of sp³-hybridized carbons (Fsp3) is 0.400. The van der Waals surface area contributed by atoms with E-state index < -0.39 is 10.0 Å². The molecule has 0 spiro atoms. The Morgan fingerprint density at radius 1 is 1.15 bits per heavy atom. The molecule has 1 aromatic rings. The number of hydrogen-bond acceptors (Lipinski definition) is 3. The van der Waals surface area contributed by atoms with Crippen molar-refractivity contribution in [3.63, 3.8) is 0 Å². The Morgan fingerprint density at radius 2 is 1.80 bits per heavy atom. The van der Waals surface area contributed by atoms with Crippen molar-refractivity contribution in [2.45, 2.75) is 38.5 Å². The van der Waals surface area contributed by atoms with E-state index in [0.29, 0.717) is 0 Å². The van der Waals surface area contributed by atoms with Gasteiger partial charge >= 0.3 is 0 Å². The maximum absolute atomic E-state index is 12.1. The van der Waals surface area contributed by atoms with Crippen LogP contribution in [0, 0.1) is 5.41 Å². The summed E-state index contributed by atoms with van der Waals surface area (Å²) in [7, 11) is -3.58. The summed E-state index contributed by atoms with van der Waals surface area (Å²) < 4.78 is 24.2. The topological polar surface area (TPSA) is 58.5 Å². The molecule has 1 aliphatic rings. The Balaban J connectivity index is 2.19. The van der Waals surface area contributed by atoms with Crippen molar-refractivity contribution in [3.8, 4) is 0 Å². The van der Waals surface area contributed by atoms with Crippen LogP contribution in [-0.4, -0.2) is 14.1 Å². The Bertz CT molecular complexity index is 644. The van der Waals surface area contributed by atoms with Gasteiger partial charge < -0.3 is 0 Å². The van der Waals surface area contributed by atoms with Crippen molar-refractivity contribution >= 4 is 15.7 Å². The Morgan fingerprint density at radius 3 is 2.40 bits per heavy atom. The molecule has 0 unspecified atom stereocenters. The Kier molecular flexibility index (Phi) is 3.99. The van der Waals surface area contributed by atoms with Crippen LogP contribution in [0.2, 0.25) is 0 Å². The zero-order chi connectivity index (χ0) is 14.8. The van der Waals surface area contributed by atoms with Crippen LogP contribution >= 0.6 is 0 Å². The van der Waals surface area contributed by atoms with E-state index >= 15 is 0 Å². The minimum Gasteiger partial charge on any atom is -0.200 e. The highest BCUT2D eigenvalue weighted by Crippen LogP contribution is 2.33. The molecular formula is C15H20N2O2S. The van der Waals surface area contributed by atoms with Gasteiger partial charge in [-0.2, -0.15) is 18.4 Å². The largest absolute Gasteiger partial charge is 0.276 e. The number of sulfonamides is 1. The lowest BCUT2D eigenvalue weighted by Crippen LogP contribution is -2.25. The van der Waals surface area contributed by atoms with Crippen molar-refractivity contribution in [1.29, 1.82) is 0 Å². The fourth-order valence-corrected chi connectivity index (χ4v) is 3.40. The van der Waals surface area contributed by atoms with Crippen molar-refractivity contribution < 1.29 is 8.42 Å². The quantitative estimate of drug-likeness (QED) is 0.870. The maximum atomic E-state index is 12.1. The average Bonchev–Trinajstić information content (AvgIpc) is 2.35. The van der Waals surface area contributed by atoms with Crippen molar-refractivity contribution in [3.05, 3.63) is 42.0 Å². The van der Waals surface area contributed by atoms with Gasteiger partial charge in [-0.15, -0.1) is 0 Å². The summed E-state index contributed by atoms with van der Waals surface area (Å²) in [5, 5.41) is 4.08. The van der Waals surface area contributed by atoms with Crippen LogP contribution in [0.15, 0.2) is 52.0 Å². The predicted molar refractivity (Wildman–Crippen MR) is 81.0 cm³/mol. The molecule has 1 N–H and O–H groups in total. The molecule has 0 amide bonds. The lowest BCUT2D eigenvalue weighted by atomic mass is 9.77. The number of allylic oxidation sites excluding steroid dienone is 2. The zero-order valence-electron chi connectivity index (χ0n) is 12.1.